The van der Waals surface area contributed by atoms with Crippen LogP contribution < -0.4 is 0 Å². The molecule has 1 rings (SSSR count). The number of methoxy groups -OCH3 is 1. The van der Waals surface area contributed by atoms with Crippen LogP contribution in [0.5, 0.6) is 0 Å². The predicted octanol–water partition coefficient (Wildman–Crippen LogP) is 1.93. The van der Waals surface area contributed by atoms with E-state index in [1.54, 1.807) is 45.9 Å². The highest BCUT2D eigenvalue weighted by Crippen LogP contribution is 2.28. The second-order valence-electron chi connectivity index (χ2n) is 5.41. The van der Waals surface area contributed by atoms with Crippen molar-refractivity contribution in [3.05, 3.63) is 34.9 Å². The molecule has 0 radical (unpaired) electrons. The standard InChI is InChI=1S/C14H20O4/c1-13(2,16)10-6-9(12(15)18-5)7-11(8-10)14(3,4)17/h6-8,16-17H,1-5H3. The molecule has 18 heavy (non-hydrogen) atoms. The van der Waals surface area contributed by atoms with Gasteiger partial charge in [-0.05, 0) is 51.0 Å². The number of hydrogen-bond donors (Lipinski definition) is 2. The normalized spacial score (nSPS) is 12.4. The molecule has 0 heterocycles. The van der Waals surface area contributed by atoms with Crippen molar-refractivity contribution in [3.8, 4) is 0 Å². The van der Waals surface area contributed by atoms with E-state index in [1.807, 2.05) is 0 Å². The van der Waals surface area contributed by atoms with E-state index in [9.17, 15) is 15.0 Å². The van der Waals surface area contributed by atoms with Gasteiger partial charge in [0.25, 0.3) is 0 Å². The van der Waals surface area contributed by atoms with E-state index in [0.717, 1.165) is 0 Å². The zero-order chi connectivity index (χ0) is 14.1. The lowest BCUT2D eigenvalue weighted by atomic mass is 9.89. The van der Waals surface area contributed by atoms with Crippen molar-refractivity contribution in [2.45, 2.75) is 38.9 Å². The average molecular weight is 252 g/mol. The fourth-order valence-electron chi connectivity index (χ4n) is 1.57. The summed E-state index contributed by atoms with van der Waals surface area (Å²) >= 11 is 0. The van der Waals surface area contributed by atoms with Gasteiger partial charge in [-0.1, -0.05) is 6.07 Å². The van der Waals surface area contributed by atoms with Crippen molar-refractivity contribution in [2.75, 3.05) is 7.11 Å². The van der Waals surface area contributed by atoms with Crippen LogP contribution in [0.4, 0.5) is 0 Å². The van der Waals surface area contributed by atoms with Crippen LogP contribution in [0.15, 0.2) is 18.2 Å². The van der Waals surface area contributed by atoms with Crippen molar-refractivity contribution in [1.82, 2.24) is 0 Å². The summed E-state index contributed by atoms with van der Waals surface area (Å²) in [5, 5.41) is 20.0. The molecule has 0 unspecified atom stereocenters. The number of rotatable bonds is 3. The summed E-state index contributed by atoms with van der Waals surface area (Å²) in [4.78, 5) is 11.6. The molecule has 0 aromatic heterocycles. The molecular weight excluding hydrogens is 232 g/mol. The highest BCUT2D eigenvalue weighted by Gasteiger charge is 2.24. The van der Waals surface area contributed by atoms with Crippen molar-refractivity contribution in [2.24, 2.45) is 0 Å². The van der Waals surface area contributed by atoms with Crippen LogP contribution in [0.25, 0.3) is 0 Å². The molecule has 2 N–H and O–H groups in total. The van der Waals surface area contributed by atoms with Crippen LogP contribution in [-0.2, 0) is 15.9 Å². The van der Waals surface area contributed by atoms with Crippen LogP contribution in [0, 0.1) is 0 Å². The molecule has 0 amide bonds. The van der Waals surface area contributed by atoms with E-state index >= 15 is 0 Å². The third kappa shape index (κ3) is 3.31. The summed E-state index contributed by atoms with van der Waals surface area (Å²) in [5.74, 6) is -0.494. The highest BCUT2D eigenvalue weighted by molar-refractivity contribution is 5.89. The lowest BCUT2D eigenvalue weighted by Gasteiger charge is -2.24. The lowest BCUT2D eigenvalue weighted by Crippen LogP contribution is -2.21. The zero-order valence-electron chi connectivity index (χ0n) is 11.4. The summed E-state index contributed by atoms with van der Waals surface area (Å²) in [7, 11) is 1.29. The number of esters is 1. The first-order valence-electron chi connectivity index (χ1n) is 5.75. The lowest BCUT2D eigenvalue weighted by molar-refractivity contribution is 0.0594. The van der Waals surface area contributed by atoms with E-state index < -0.39 is 17.2 Å². The second-order valence-corrected chi connectivity index (χ2v) is 5.41. The molecule has 0 spiro atoms. The Labute approximate surface area is 107 Å². The minimum absolute atomic E-state index is 0.314. The number of aliphatic hydroxyl groups is 2. The van der Waals surface area contributed by atoms with Gasteiger partial charge in [0.05, 0.1) is 23.9 Å². The average Bonchev–Trinajstić information content (AvgIpc) is 2.25. The van der Waals surface area contributed by atoms with E-state index in [1.165, 1.54) is 7.11 Å². The van der Waals surface area contributed by atoms with E-state index in [2.05, 4.69) is 4.74 Å². The Bertz CT molecular complexity index is 418. The fraction of sp³-hybridized carbons (Fsp3) is 0.500. The van der Waals surface area contributed by atoms with Gasteiger partial charge in [-0.15, -0.1) is 0 Å². The van der Waals surface area contributed by atoms with Crippen molar-refractivity contribution in [3.63, 3.8) is 0 Å². The molecule has 0 aliphatic rings. The van der Waals surface area contributed by atoms with Gasteiger partial charge in [0, 0.05) is 0 Å². The van der Waals surface area contributed by atoms with Gasteiger partial charge in [0.15, 0.2) is 0 Å². The molecule has 4 nitrogen and oxygen atoms in total. The van der Waals surface area contributed by atoms with Crippen LogP contribution >= 0.6 is 0 Å². The quantitative estimate of drug-likeness (QED) is 0.807. The first kappa shape index (κ1) is 14.7. The van der Waals surface area contributed by atoms with Crippen molar-refractivity contribution >= 4 is 5.97 Å². The molecule has 0 atom stereocenters. The molecule has 0 saturated heterocycles. The minimum Gasteiger partial charge on any atom is -0.465 e. The predicted molar refractivity (Wildman–Crippen MR) is 68.3 cm³/mol. The van der Waals surface area contributed by atoms with Gasteiger partial charge in [-0.3, -0.25) is 0 Å². The number of carbonyl (C=O) groups is 1. The Balaban J connectivity index is 3.44. The Morgan fingerprint density at radius 3 is 1.67 bits per heavy atom. The highest BCUT2D eigenvalue weighted by atomic mass is 16.5. The maximum Gasteiger partial charge on any atom is 0.337 e. The molecule has 0 saturated carbocycles. The molecular formula is C14H20O4. The first-order valence-corrected chi connectivity index (χ1v) is 5.75. The molecule has 0 aliphatic carbocycles. The number of benzene rings is 1. The number of hydrogen-bond acceptors (Lipinski definition) is 4. The topological polar surface area (TPSA) is 66.8 Å². The first-order chi connectivity index (χ1) is 8.05. The molecule has 4 heteroatoms. The molecule has 0 fully saturated rings. The summed E-state index contributed by atoms with van der Waals surface area (Å²) in [6.45, 7) is 6.49. The van der Waals surface area contributed by atoms with Crippen molar-refractivity contribution < 1.29 is 19.7 Å². The minimum atomic E-state index is -1.09. The SMILES string of the molecule is COC(=O)c1cc(C(C)(C)O)cc(C(C)(C)O)c1. The van der Waals surface area contributed by atoms with Gasteiger partial charge in [-0.2, -0.15) is 0 Å². The third-order valence-corrected chi connectivity index (χ3v) is 2.77. The van der Waals surface area contributed by atoms with Crippen LogP contribution in [0.2, 0.25) is 0 Å². The smallest absolute Gasteiger partial charge is 0.337 e. The molecule has 1 aromatic carbocycles. The summed E-state index contributed by atoms with van der Waals surface area (Å²) < 4.78 is 4.67. The largest absolute Gasteiger partial charge is 0.465 e. The maximum absolute atomic E-state index is 11.6. The van der Waals surface area contributed by atoms with Gasteiger partial charge >= 0.3 is 5.97 Å². The third-order valence-electron chi connectivity index (χ3n) is 2.77. The number of carbonyl (C=O) groups excluding carboxylic acids is 1. The Morgan fingerprint density at radius 1 is 1.00 bits per heavy atom. The summed E-state index contributed by atoms with van der Waals surface area (Å²) in [5.41, 5.74) is -0.757. The summed E-state index contributed by atoms with van der Waals surface area (Å²) in [6.07, 6.45) is 0. The van der Waals surface area contributed by atoms with E-state index in [4.69, 9.17) is 0 Å². The maximum atomic E-state index is 11.6. The van der Waals surface area contributed by atoms with Gasteiger partial charge in [0.1, 0.15) is 0 Å². The van der Waals surface area contributed by atoms with Gasteiger partial charge in [0.2, 0.25) is 0 Å². The van der Waals surface area contributed by atoms with Gasteiger partial charge < -0.3 is 14.9 Å². The van der Waals surface area contributed by atoms with E-state index in [-0.39, 0.29) is 0 Å². The van der Waals surface area contributed by atoms with E-state index in [0.29, 0.717) is 16.7 Å². The van der Waals surface area contributed by atoms with Crippen LogP contribution in [0.3, 0.4) is 0 Å². The fourth-order valence-corrected chi connectivity index (χ4v) is 1.57. The van der Waals surface area contributed by atoms with Crippen LogP contribution in [0.1, 0.15) is 49.2 Å². The zero-order valence-corrected chi connectivity index (χ0v) is 11.4. The molecule has 100 valence electrons. The Morgan fingerprint density at radius 2 is 1.39 bits per heavy atom. The van der Waals surface area contributed by atoms with Crippen LogP contribution in [-0.4, -0.2) is 23.3 Å². The Kier molecular flexibility index (Phi) is 3.84. The van der Waals surface area contributed by atoms with Crippen molar-refractivity contribution in [1.29, 1.82) is 0 Å². The second kappa shape index (κ2) is 4.71. The monoisotopic (exact) mass is 252 g/mol. The van der Waals surface area contributed by atoms with Gasteiger partial charge in [-0.25, -0.2) is 4.79 Å². The Hall–Kier alpha value is -1.39. The number of ether oxygens (including phenoxy) is 1. The molecule has 0 aliphatic heterocycles. The molecule has 1 aromatic rings. The summed E-state index contributed by atoms with van der Waals surface area (Å²) in [6, 6.07) is 4.83. The molecule has 0 bridgehead atoms.